The number of primary amides is 1. The standard InChI is InChI=1S/C17H16N4O3S/c1-24-8-10-3-2-4-11(5-10)16(23)21-17-20-14(9-25-17)12-6-13(15(18)22)19-7-12/h2-7,9,19H,8H2,1H3,(H2,18,22)(H,20,21,23). The Kier molecular flexibility index (Phi) is 4.92. The number of thiazole rings is 1. The Labute approximate surface area is 147 Å². The number of aromatic nitrogens is 2. The van der Waals surface area contributed by atoms with Gasteiger partial charge in [0, 0.05) is 29.8 Å². The number of anilines is 1. The quantitative estimate of drug-likeness (QED) is 0.630. The fourth-order valence-corrected chi connectivity index (χ4v) is 3.00. The smallest absolute Gasteiger partial charge is 0.265 e. The van der Waals surface area contributed by atoms with Crippen LogP contribution in [0.1, 0.15) is 26.4 Å². The second-order valence-corrected chi connectivity index (χ2v) is 6.15. The van der Waals surface area contributed by atoms with Crippen molar-refractivity contribution in [1.29, 1.82) is 0 Å². The number of amides is 2. The molecule has 0 bridgehead atoms. The predicted octanol–water partition coefficient (Wildman–Crippen LogP) is 2.64. The fourth-order valence-electron chi connectivity index (χ4n) is 2.29. The molecule has 7 nitrogen and oxygen atoms in total. The number of hydrogen-bond donors (Lipinski definition) is 3. The predicted molar refractivity (Wildman–Crippen MR) is 95.5 cm³/mol. The summed E-state index contributed by atoms with van der Waals surface area (Å²) in [5.41, 5.74) is 8.36. The zero-order valence-corrected chi connectivity index (χ0v) is 14.2. The molecule has 3 aromatic rings. The zero-order valence-electron chi connectivity index (χ0n) is 13.4. The van der Waals surface area contributed by atoms with Crippen LogP contribution in [0, 0.1) is 0 Å². The van der Waals surface area contributed by atoms with Crippen LogP contribution in [0.3, 0.4) is 0 Å². The average Bonchev–Trinajstić information content (AvgIpc) is 3.24. The van der Waals surface area contributed by atoms with Crippen LogP contribution in [-0.2, 0) is 11.3 Å². The zero-order chi connectivity index (χ0) is 17.8. The number of methoxy groups -OCH3 is 1. The molecule has 0 aliphatic carbocycles. The summed E-state index contributed by atoms with van der Waals surface area (Å²) in [5, 5.41) is 5.04. The molecule has 4 N–H and O–H groups in total. The van der Waals surface area contributed by atoms with Crippen LogP contribution in [0.15, 0.2) is 41.9 Å². The third-order valence-corrected chi connectivity index (χ3v) is 4.23. The Balaban J connectivity index is 1.73. The van der Waals surface area contributed by atoms with Crippen molar-refractivity contribution < 1.29 is 14.3 Å². The summed E-state index contributed by atoms with van der Waals surface area (Å²) in [6, 6.07) is 8.83. The first-order valence-corrected chi connectivity index (χ1v) is 8.28. The van der Waals surface area contributed by atoms with E-state index in [0.29, 0.717) is 28.7 Å². The van der Waals surface area contributed by atoms with Crippen molar-refractivity contribution in [2.75, 3.05) is 12.4 Å². The molecule has 2 amide bonds. The van der Waals surface area contributed by atoms with Crippen LogP contribution in [0.2, 0.25) is 0 Å². The number of carbonyl (C=O) groups excluding carboxylic acids is 2. The van der Waals surface area contributed by atoms with Crippen LogP contribution in [0.4, 0.5) is 5.13 Å². The Morgan fingerprint density at radius 3 is 2.92 bits per heavy atom. The molecule has 25 heavy (non-hydrogen) atoms. The largest absolute Gasteiger partial charge is 0.380 e. The van der Waals surface area contributed by atoms with Gasteiger partial charge in [-0.2, -0.15) is 0 Å². The van der Waals surface area contributed by atoms with Crippen molar-refractivity contribution >= 4 is 28.3 Å². The summed E-state index contributed by atoms with van der Waals surface area (Å²) in [5.74, 6) is -0.781. The molecule has 0 fully saturated rings. The van der Waals surface area contributed by atoms with Gasteiger partial charge in [-0.25, -0.2) is 4.98 Å². The van der Waals surface area contributed by atoms with E-state index in [9.17, 15) is 9.59 Å². The van der Waals surface area contributed by atoms with E-state index in [-0.39, 0.29) is 5.91 Å². The summed E-state index contributed by atoms with van der Waals surface area (Å²) in [6.07, 6.45) is 1.65. The highest BCUT2D eigenvalue weighted by Crippen LogP contribution is 2.25. The number of carbonyl (C=O) groups is 2. The average molecular weight is 356 g/mol. The van der Waals surface area contributed by atoms with E-state index in [4.69, 9.17) is 10.5 Å². The number of benzene rings is 1. The van der Waals surface area contributed by atoms with E-state index in [0.717, 1.165) is 11.1 Å². The van der Waals surface area contributed by atoms with Crippen molar-refractivity contribution in [2.24, 2.45) is 5.73 Å². The topological polar surface area (TPSA) is 110 Å². The maximum Gasteiger partial charge on any atom is 0.265 e. The maximum absolute atomic E-state index is 12.4. The molecular weight excluding hydrogens is 340 g/mol. The van der Waals surface area contributed by atoms with Gasteiger partial charge in [0.15, 0.2) is 5.13 Å². The van der Waals surface area contributed by atoms with E-state index in [1.807, 2.05) is 12.1 Å². The molecule has 0 spiro atoms. The normalized spacial score (nSPS) is 10.6. The molecule has 1 aromatic carbocycles. The molecule has 0 unspecified atom stereocenters. The van der Waals surface area contributed by atoms with Gasteiger partial charge < -0.3 is 15.5 Å². The van der Waals surface area contributed by atoms with Crippen LogP contribution in [0.5, 0.6) is 0 Å². The molecule has 0 radical (unpaired) electrons. The van der Waals surface area contributed by atoms with Gasteiger partial charge in [0.2, 0.25) is 0 Å². The molecule has 0 atom stereocenters. The van der Waals surface area contributed by atoms with E-state index in [1.54, 1.807) is 36.9 Å². The lowest BCUT2D eigenvalue weighted by atomic mass is 10.1. The van der Waals surface area contributed by atoms with Gasteiger partial charge in [-0.05, 0) is 23.8 Å². The highest BCUT2D eigenvalue weighted by atomic mass is 32.1. The molecule has 0 aliphatic rings. The number of nitrogens with zero attached hydrogens (tertiary/aromatic N) is 1. The number of H-pyrrole nitrogens is 1. The van der Waals surface area contributed by atoms with E-state index < -0.39 is 5.91 Å². The number of nitrogens with two attached hydrogens (primary N) is 1. The second kappa shape index (κ2) is 7.29. The van der Waals surface area contributed by atoms with Crippen molar-refractivity contribution in [1.82, 2.24) is 9.97 Å². The lowest BCUT2D eigenvalue weighted by Gasteiger charge is -2.04. The monoisotopic (exact) mass is 356 g/mol. The second-order valence-electron chi connectivity index (χ2n) is 5.29. The van der Waals surface area contributed by atoms with Gasteiger partial charge in [0.25, 0.3) is 11.8 Å². The Morgan fingerprint density at radius 1 is 1.36 bits per heavy atom. The molecular formula is C17H16N4O3S. The summed E-state index contributed by atoms with van der Waals surface area (Å²) in [7, 11) is 1.61. The third kappa shape index (κ3) is 3.93. The first-order chi connectivity index (χ1) is 12.1. The maximum atomic E-state index is 12.4. The van der Waals surface area contributed by atoms with Gasteiger partial charge in [-0.1, -0.05) is 12.1 Å². The number of hydrogen-bond acceptors (Lipinski definition) is 5. The van der Waals surface area contributed by atoms with Gasteiger partial charge in [-0.3, -0.25) is 14.9 Å². The number of nitrogens with one attached hydrogen (secondary N) is 2. The van der Waals surface area contributed by atoms with Crippen molar-refractivity contribution in [3.8, 4) is 11.3 Å². The molecule has 2 heterocycles. The first kappa shape index (κ1) is 16.9. The highest BCUT2D eigenvalue weighted by Gasteiger charge is 2.12. The SMILES string of the molecule is COCc1cccc(C(=O)Nc2nc(-c3c[nH]c(C(N)=O)c3)cs2)c1. The van der Waals surface area contributed by atoms with Crippen molar-refractivity contribution in [2.45, 2.75) is 6.61 Å². The lowest BCUT2D eigenvalue weighted by Crippen LogP contribution is -2.12. The van der Waals surface area contributed by atoms with Crippen LogP contribution >= 0.6 is 11.3 Å². The van der Waals surface area contributed by atoms with E-state index in [2.05, 4.69) is 15.3 Å². The minimum atomic E-state index is -0.536. The minimum absolute atomic E-state index is 0.245. The molecule has 8 heteroatoms. The van der Waals surface area contributed by atoms with Gasteiger partial charge >= 0.3 is 0 Å². The van der Waals surface area contributed by atoms with Crippen LogP contribution in [0.25, 0.3) is 11.3 Å². The minimum Gasteiger partial charge on any atom is -0.380 e. The summed E-state index contributed by atoms with van der Waals surface area (Å²) in [6.45, 7) is 0.443. The molecule has 128 valence electrons. The van der Waals surface area contributed by atoms with Crippen molar-refractivity contribution in [3.05, 3.63) is 58.7 Å². The Hall–Kier alpha value is -2.97. The molecule has 2 aromatic heterocycles. The first-order valence-electron chi connectivity index (χ1n) is 7.40. The van der Waals surface area contributed by atoms with Crippen LogP contribution in [-0.4, -0.2) is 28.9 Å². The fraction of sp³-hybridized carbons (Fsp3) is 0.118. The highest BCUT2D eigenvalue weighted by molar-refractivity contribution is 7.14. The van der Waals surface area contributed by atoms with Gasteiger partial charge in [-0.15, -0.1) is 11.3 Å². The molecule has 0 saturated heterocycles. The summed E-state index contributed by atoms with van der Waals surface area (Å²) in [4.78, 5) is 30.6. The lowest BCUT2D eigenvalue weighted by molar-refractivity contribution is 0.0994. The summed E-state index contributed by atoms with van der Waals surface area (Å²) < 4.78 is 5.07. The number of aromatic amines is 1. The van der Waals surface area contributed by atoms with E-state index in [1.165, 1.54) is 11.3 Å². The number of ether oxygens (including phenoxy) is 1. The van der Waals surface area contributed by atoms with E-state index >= 15 is 0 Å². The number of rotatable bonds is 6. The Bertz CT molecular complexity index is 916. The van der Waals surface area contributed by atoms with Crippen molar-refractivity contribution in [3.63, 3.8) is 0 Å². The van der Waals surface area contributed by atoms with Crippen LogP contribution < -0.4 is 11.1 Å². The van der Waals surface area contributed by atoms with Gasteiger partial charge in [0.1, 0.15) is 5.69 Å². The molecule has 0 aliphatic heterocycles. The summed E-state index contributed by atoms with van der Waals surface area (Å²) >= 11 is 1.30. The van der Waals surface area contributed by atoms with Gasteiger partial charge in [0.05, 0.1) is 12.3 Å². The Morgan fingerprint density at radius 2 is 2.20 bits per heavy atom. The molecule has 3 rings (SSSR count). The third-order valence-electron chi connectivity index (χ3n) is 3.47. The molecule has 0 saturated carbocycles.